The molecule has 0 aromatic rings. The molecule has 0 aromatic carbocycles. The highest BCUT2D eigenvalue weighted by Crippen LogP contribution is 2.23. The number of aliphatic hydroxyl groups is 2. The molecule has 4 heteroatoms. The zero-order valence-electron chi connectivity index (χ0n) is 5.21. The molecule has 0 radical (unpaired) electrons. The highest BCUT2D eigenvalue weighted by Gasteiger charge is 2.23. The second kappa shape index (κ2) is 2.27. The van der Waals surface area contributed by atoms with Gasteiger partial charge in [-0.15, -0.1) is 0 Å². The molecule has 0 fully saturated rings. The lowest BCUT2D eigenvalue weighted by Gasteiger charge is -2.21. The van der Waals surface area contributed by atoms with E-state index in [9.17, 15) is 0 Å². The second-order valence-electron chi connectivity index (χ2n) is 2.30. The fourth-order valence-corrected chi connectivity index (χ4v) is 0.855. The number of hydrogen-bond acceptors (Lipinski definition) is 3. The van der Waals surface area contributed by atoms with E-state index in [1.165, 1.54) is 12.2 Å². The third kappa shape index (κ3) is 1.50. The molecule has 1 aliphatic carbocycles. The summed E-state index contributed by atoms with van der Waals surface area (Å²) in [4.78, 5) is 0. The fraction of sp³-hybridized carbons (Fsp3) is 0.333. The van der Waals surface area contributed by atoms with Crippen LogP contribution in [-0.4, -0.2) is 15.9 Å². The number of allylic oxidation sites excluding steroid dienone is 2. The van der Waals surface area contributed by atoms with Gasteiger partial charge in [0.2, 0.25) is 0 Å². The molecule has 0 heterocycles. The predicted octanol–water partition coefficient (Wildman–Crippen LogP) is 0.602. The normalized spacial score (nSPS) is 33.1. The molecule has 0 aromatic heterocycles. The molecule has 0 saturated carbocycles. The van der Waals surface area contributed by atoms with Gasteiger partial charge >= 0.3 is 0 Å². The quantitative estimate of drug-likeness (QED) is 0.456. The van der Waals surface area contributed by atoms with Crippen LogP contribution in [0.3, 0.4) is 0 Å². The van der Waals surface area contributed by atoms with E-state index in [4.69, 9.17) is 27.5 Å². The van der Waals surface area contributed by atoms with Gasteiger partial charge in [0.15, 0.2) is 0 Å². The summed E-state index contributed by atoms with van der Waals surface area (Å²) < 4.78 is 0. The van der Waals surface area contributed by atoms with Crippen LogP contribution in [0.25, 0.3) is 0 Å². The van der Waals surface area contributed by atoms with Crippen LogP contribution in [0, 0.1) is 0 Å². The van der Waals surface area contributed by atoms with E-state index in [-0.39, 0.29) is 17.2 Å². The zero-order chi connectivity index (χ0) is 7.78. The maximum atomic E-state index is 9.10. The van der Waals surface area contributed by atoms with Gasteiger partial charge in [0.05, 0.1) is 11.5 Å². The van der Waals surface area contributed by atoms with E-state index in [1.54, 1.807) is 0 Å². The van der Waals surface area contributed by atoms with Crippen molar-refractivity contribution in [2.75, 3.05) is 0 Å². The first-order chi connectivity index (χ1) is 4.51. The van der Waals surface area contributed by atoms with E-state index >= 15 is 0 Å². The van der Waals surface area contributed by atoms with Crippen LogP contribution in [-0.2, 0) is 0 Å². The molecule has 0 amide bonds. The van der Waals surface area contributed by atoms with Gasteiger partial charge in [-0.2, -0.15) is 0 Å². The van der Waals surface area contributed by atoms with Gasteiger partial charge in [0.1, 0.15) is 11.5 Å². The molecular formula is C6H8ClNO2. The van der Waals surface area contributed by atoms with E-state index in [2.05, 4.69) is 0 Å². The van der Waals surface area contributed by atoms with Crippen molar-refractivity contribution in [3.63, 3.8) is 0 Å². The number of rotatable bonds is 0. The Labute approximate surface area is 63.4 Å². The van der Waals surface area contributed by atoms with Crippen molar-refractivity contribution in [1.29, 1.82) is 0 Å². The Kier molecular flexibility index (Phi) is 1.72. The smallest absolute Gasteiger partial charge is 0.140 e. The molecule has 56 valence electrons. The summed E-state index contributed by atoms with van der Waals surface area (Å²) >= 11 is 5.47. The van der Waals surface area contributed by atoms with Crippen molar-refractivity contribution >= 4 is 11.6 Å². The second-order valence-corrected chi connectivity index (χ2v) is 2.70. The van der Waals surface area contributed by atoms with Gasteiger partial charge < -0.3 is 10.2 Å². The monoisotopic (exact) mass is 161 g/mol. The summed E-state index contributed by atoms with van der Waals surface area (Å²) in [6.45, 7) is 0. The van der Waals surface area contributed by atoms with Gasteiger partial charge in [0.25, 0.3) is 0 Å². The maximum absolute atomic E-state index is 9.10. The standard InChI is InChI=1S/C6H8ClNO2/c7-4-1-2-6(8,10)3-5(4)9/h1-2,9-10H,3,8H2. The van der Waals surface area contributed by atoms with Gasteiger partial charge in [-0.3, -0.25) is 5.73 Å². The minimum absolute atomic E-state index is 0.0255. The summed E-state index contributed by atoms with van der Waals surface area (Å²) in [5, 5.41) is 18.3. The van der Waals surface area contributed by atoms with Crippen LogP contribution in [0.1, 0.15) is 6.42 Å². The third-order valence-corrected chi connectivity index (χ3v) is 1.59. The Balaban J connectivity index is 2.85. The molecule has 1 unspecified atom stereocenters. The summed E-state index contributed by atoms with van der Waals surface area (Å²) in [6.07, 6.45) is 2.69. The number of aliphatic hydroxyl groups excluding tert-OH is 1. The van der Waals surface area contributed by atoms with Crippen molar-refractivity contribution in [2.24, 2.45) is 5.73 Å². The summed E-state index contributed by atoms with van der Waals surface area (Å²) in [7, 11) is 0. The van der Waals surface area contributed by atoms with Gasteiger partial charge in [-0.25, -0.2) is 0 Å². The molecule has 3 nitrogen and oxygen atoms in total. The predicted molar refractivity (Wildman–Crippen MR) is 38.4 cm³/mol. The molecule has 1 aliphatic rings. The first-order valence-corrected chi connectivity index (χ1v) is 3.17. The topological polar surface area (TPSA) is 66.5 Å². The van der Waals surface area contributed by atoms with Crippen LogP contribution in [0.15, 0.2) is 22.9 Å². The van der Waals surface area contributed by atoms with Crippen LogP contribution >= 0.6 is 11.6 Å². The lowest BCUT2D eigenvalue weighted by atomic mass is 10.0. The van der Waals surface area contributed by atoms with Crippen molar-refractivity contribution < 1.29 is 10.2 Å². The number of hydrogen-bond donors (Lipinski definition) is 3. The Hall–Kier alpha value is -0.510. The SMILES string of the molecule is NC1(O)C=CC(Cl)=C(O)C1. The minimum atomic E-state index is -1.44. The van der Waals surface area contributed by atoms with Crippen molar-refractivity contribution in [2.45, 2.75) is 12.1 Å². The van der Waals surface area contributed by atoms with E-state index < -0.39 is 5.72 Å². The summed E-state index contributed by atoms with van der Waals surface area (Å²) in [6, 6.07) is 0. The Bertz CT molecular complexity index is 208. The van der Waals surface area contributed by atoms with Crippen LogP contribution in [0.2, 0.25) is 0 Å². The molecule has 1 atom stereocenters. The molecule has 0 bridgehead atoms. The van der Waals surface area contributed by atoms with Crippen LogP contribution < -0.4 is 5.73 Å². The number of nitrogens with two attached hydrogens (primary N) is 1. The Morgan fingerprint density at radius 1 is 1.70 bits per heavy atom. The van der Waals surface area contributed by atoms with Crippen LogP contribution in [0.5, 0.6) is 0 Å². The average Bonchev–Trinajstić information content (AvgIpc) is 1.79. The Morgan fingerprint density at radius 2 is 2.30 bits per heavy atom. The fourth-order valence-electron chi connectivity index (χ4n) is 0.725. The average molecular weight is 162 g/mol. The molecule has 4 N–H and O–H groups in total. The molecule has 1 rings (SSSR count). The van der Waals surface area contributed by atoms with Gasteiger partial charge in [0, 0.05) is 0 Å². The number of halogens is 1. The molecule has 0 spiro atoms. The van der Waals surface area contributed by atoms with E-state index in [0.717, 1.165) is 0 Å². The van der Waals surface area contributed by atoms with E-state index in [0.29, 0.717) is 0 Å². The highest BCUT2D eigenvalue weighted by molar-refractivity contribution is 6.31. The van der Waals surface area contributed by atoms with E-state index in [1.807, 2.05) is 0 Å². The summed E-state index contributed by atoms with van der Waals surface area (Å²) in [5.41, 5.74) is 3.80. The van der Waals surface area contributed by atoms with Crippen molar-refractivity contribution in [1.82, 2.24) is 0 Å². The molecule has 10 heavy (non-hydrogen) atoms. The van der Waals surface area contributed by atoms with Crippen molar-refractivity contribution in [3.05, 3.63) is 22.9 Å². The summed E-state index contributed by atoms with van der Waals surface area (Å²) in [5.74, 6) is -0.0748. The third-order valence-electron chi connectivity index (χ3n) is 1.24. The largest absolute Gasteiger partial charge is 0.511 e. The first kappa shape index (κ1) is 7.60. The molecule has 0 aliphatic heterocycles. The zero-order valence-corrected chi connectivity index (χ0v) is 5.97. The Morgan fingerprint density at radius 3 is 2.70 bits per heavy atom. The van der Waals surface area contributed by atoms with Crippen molar-refractivity contribution in [3.8, 4) is 0 Å². The lowest BCUT2D eigenvalue weighted by Crippen LogP contribution is -2.38. The van der Waals surface area contributed by atoms with Crippen LogP contribution in [0.4, 0.5) is 0 Å². The highest BCUT2D eigenvalue weighted by atomic mass is 35.5. The first-order valence-electron chi connectivity index (χ1n) is 2.79. The van der Waals surface area contributed by atoms with Gasteiger partial charge in [-0.05, 0) is 12.2 Å². The molecular weight excluding hydrogens is 154 g/mol. The maximum Gasteiger partial charge on any atom is 0.140 e. The van der Waals surface area contributed by atoms with Gasteiger partial charge in [-0.1, -0.05) is 11.6 Å². The minimum Gasteiger partial charge on any atom is -0.511 e. The molecule has 0 saturated heterocycles. The lowest BCUT2D eigenvalue weighted by molar-refractivity contribution is 0.0838.